The van der Waals surface area contributed by atoms with Crippen LogP contribution in [0.15, 0.2) is 46.4 Å². The van der Waals surface area contributed by atoms with Gasteiger partial charge in [-0.1, -0.05) is 6.07 Å². The fourth-order valence-electron chi connectivity index (χ4n) is 2.81. The highest BCUT2D eigenvalue weighted by atomic mass is 19.1. The Morgan fingerprint density at radius 2 is 2.08 bits per heavy atom. The summed E-state index contributed by atoms with van der Waals surface area (Å²) < 4.78 is 24.3. The Morgan fingerprint density at radius 1 is 1.24 bits per heavy atom. The lowest BCUT2D eigenvalue weighted by Gasteiger charge is -2.15. The highest BCUT2D eigenvalue weighted by Gasteiger charge is 2.24. The number of aliphatic imine (C=N–C) groups is 2. The zero-order chi connectivity index (χ0) is 17.4. The number of quaternary nitrogens is 1. The highest BCUT2D eigenvalue weighted by molar-refractivity contribution is 6.08. The van der Waals surface area contributed by atoms with Crippen LogP contribution in [0.25, 0.3) is 0 Å². The summed E-state index contributed by atoms with van der Waals surface area (Å²) in [7, 11) is 0. The molecule has 2 heterocycles. The quantitative estimate of drug-likeness (QED) is 0.561. The average Bonchev–Trinajstić information content (AvgIpc) is 3.01. The molecule has 0 unspecified atom stereocenters. The fraction of sp³-hybridized carbons (Fsp3) is 0.118. The topological polar surface area (TPSA) is 110 Å². The summed E-state index contributed by atoms with van der Waals surface area (Å²) in [4.78, 5) is 8.54. The van der Waals surface area contributed by atoms with Gasteiger partial charge >= 0.3 is 0 Å². The van der Waals surface area contributed by atoms with Crippen molar-refractivity contribution in [1.82, 2.24) is 0 Å². The SMILES string of the molecule is N=C(N)/N=C1\[NH2+]C(Cc2ccc3c(c2)OCO3)=Nc2cc(F)ccc21. The Kier molecular flexibility index (Phi) is 3.66. The predicted octanol–water partition coefficient (Wildman–Crippen LogP) is 1.04. The third kappa shape index (κ3) is 3.07. The molecule has 5 N–H and O–H groups in total. The van der Waals surface area contributed by atoms with Crippen LogP contribution in [0, 0.1) is 11.2 Å². The van der Waals surface area contributed by atoms with Gasteiger partial charge in [0.05, 0.1) is 17.7 Å². The first kappa shape index (κ1) is 15.3. The summed E-state index contributed by atoms with van der Waals surface area (Å²) in [6, 6.07) is 9.93. The lowest BCUT2D eigenvalue weighted by molar-refractivity contribution is -0.410. The van der Waals surface area contributed by atoms with Crippen molar-refractivity contribution in [3.63, 3.8) is 0 Å². The van der Waals surface area contributed by atoms with Gasteiger partial charge in [0.2, 0.25) is 24.4 Å². The number of guanidine groups is 1. The van der Waals surface area contributed by atoms with Crippen LogP contribution in [0.1, 0.15) is 11.1 Å². The van der Waals surface area contributed by atoms with Crippen LogP contribution in [0.5, 0.6) is 11.5 Å². The van der Waals surface area contributed by atoms with Gasteiger partial charge in [0, 0.05) is 6.07 Å². The molecule has 7 nitrogen and oxygen atoms in total. The highest BCUT2D eigenvalue weighted by Crippen LogP contribution is 2.32. The summed E-state index contributed by atoms with van der Waals surface area (Å²) in [6.07, 6.45) is 0.503. The number of hydrogen-bond donors (Lipinski definition) is 3. The van der Waals surface area contributed by atoms with E-state index in [1.165, 1.54) is 12.1 Å². The fourth-order valence-corrected chi connectivity index (χ4v) is 2.81. The summed E-state index contributed by atoms with van der Waals surface area (Å²) in [5, 5.41) is 9.17. The van der Waals surface area contributed by atoms with Crippen molar-refractivity contribution in [2.45, 2.75) is 6.42 Å². The van der Waals surface area contributed by atoms with Gasteiger partial charge in [0.15, 0.2) is 11.5 Å². The molecule has 0 amide bonds. The smallest absolute Gasteiger partial charge is 0.243 e. The molecular weight excluding hydrogens is 325 g/mol. The minimum absolute atomic E-state index is 0.216. The van der Waals surface area contributed by atoms with Crippen molar-refractivity contribution in [3.05, 3.63) is 53.3 Å². The van der Waals surface area contributed by atoms with E-state index in [1.807, 2.05) is 18.2 Å². The molecule has 8 heteroatoms. The Labute approximate surface area is 142 Å². The number of fused-ring (bicyclic) bond motifs is 2. The van der Waals surface area contributed by atoms with Crippen molar-refractivity contribution in [3.8, 4) is 11.5 Å². The molecule has 2 aromatic rings. The Balaban J connectivity index is 1.69. The number of halogens is 1. The Bertz CT molecular complexity index is 939. The molecular formula is C17H15FN5O2+. The Morgan fingerprint density at radius 3 is 2.92 bits per heavy atom. The molecule has 0 aliphatic carbocycles. The molecule has 4 rings (SSSR count). The molecule has 0 saturated heterocycles. The number of hydrogen-bond acceptors (Lipinski definition) is 4. The zero-order valence-corrected chi connectivity index (χ0v) is 13.1. The minimum atomic E-state index is -0.381. The van der Waals surface area contributed by atoms with Gasteiger partial charge in [0.25, 0.3) is 0 Å². The van der Waals surface area contributed by atoms with Crippen molar-refractivity contribution in [1.29, 1.82) is 5.41 Å². The van der Waals surface area contributed by atoms with E-state index in [9.17, 15) is 4.39 Å². The van der Waals surface area contributed by atoms with Crippen LogP contribution >= 0.6 is 0 Å². The van der Waals surface area contributed by atoms with E-state index < -0.39 is 0 Å². The molecule has 0 bridgehead atoms. The second kappa shape index (κ2) is 5.99. The standard InChI is InChI=1S/C17H14FN5O2/c18-10-2-3-11-12(7-10)21-15(22-16(11)23-17(19)20)6-9-1-4-13-14(5-9)25-8-24-13/h1-5,7H,6,8H2,(H4,19,20,21,22,23)/p+1. The van der Waals surface area contributed by atoms with Gasteiger partial charge in [-0.15, -0.1) is 0 Å². The van der Waals surface area contributed by atoms with E-state index in [0.717, 1.165) is 5.56 Å². The number of nitrogens with zero attached hydrogens (tertiary/aromatic N) is 2. The van der Waals surface area contributed by atoms with E-state index in [-0.39, 0.29) is 18.6 Å². The van der Waals surface area contributed by atoms with Gasteiger partial charge in [-0.3, -0.25) is 10.7 Å². The van der Waals surface area contributed by atoms with E-state index in [1.54, 1.807) is 11.4 Å². The average molecular weight is 340 g/mol. The van der Waals surface area contributed by atoms with Crippen molar-refractivity contribution in [2.24, 2.45) is 15.7 Å². The number of nitrogens with one attached hydrogen (secondary N) is 1. The van der Waals surface area contributed by atoms with Gasteiger partial charge in [-0.25, -0.2) is 4.39 Å². The molecule has 2 aliphatic heterocycles. The first-order chi connectivity index (χ1) is 12.1. The number of rotatable bonds is 2. The number of ether oxygens (including phenoxy) is 2. The number of benzene rings is 2. The minimum Gasteiger partial charge on any atom is -0.454 e. The third-order valence-electron chi connectivity index (χ3n) is 3.87. The molecule has 126 valence electrons. The van der Waals surface area contributed by atoms with Gasteiger partial charge in [0.1, 0.15) is 5.82 Å². The summed E-state index contributed by atoms with van der Waals surface area (Å²) in [5.74, 6) is 1.90. The maximum Gasteiger partial charge on any atom is 0.243 e. The lowest BCUT2D eigenvalue weighted by atomic mass is 10.1. The van der Waals surface area contributed by atoms with Crippen LogP contribution < -0.4 is 20.5 Å². The number of nitrogens with two attached hydrogens (primary N) is 2. The van der Waals surface area contributed by atoms with Crippen molar-refractivity contribution < 1.29 is 19.2 Å². The second-order valence-electron chi connectivity index (χ2n) is 5.66. The van der Waals surface area contributed by atoms with Gasteiger partial charge < -0.3 is 15.2 Å². The first-order valence-corrected chi connectivity index (χ1v) is 7.62. The van der Waals surface area contributed by atoms with E-state index in [0.29, 0.717) is 40.8 Å². The van der Waals surface area contributed by atoms with Crippen molar-refractivity contribution >= 4 is 23.3 Å². The van der Waals surface area contributed by atoms with Crippen LogP contribution in [-0.4, -0.2) is 24.4 Å². The third-order valence-corrected chi connectivity index (χ3v) is 3.87. The predicted molar refractivity (Wildman–Crippen MR) is 90.1 cm³/mol. The molecule has 0 atom stereocenters. The van der Waals surface area contributed by atoms with Crippen LogP contribution in [0.4, 0.5) is 10.1 Å². The van der Waals surface area contributed by atoms with Crippen LogP contribution in [-0.2, 0) is 6.42 Å². The van der Waals surface area contributed by atoms with Gasteiger partial charge in [-0.05, 0) is 29.8 Å². The van der Waals surface area contributed by atoms with E-state index in [4.69, 9.17) is 20.6 Å². The molecule has 0 fully saturated rings. The van der Waals surface area contributed by atoms with Crippen LogP contribution in [0.3, 0.4) is 0 Å². The summed E-state index contributed by atoms with van der Waals surface area (Å²) in [6.45, 7) is 0.216. The summed E-state index contributed by atoms with van der Waals surface area (Å²) >= 11 is 0. The molecule has 0 aromatic heterocycles. The monoisotopic (exact) mass is 340 g/mol. The first-order valence-electron chi connectivity index (χ1n) is 7.62. The Hall–Kier alpha value is -3.26. The molecule has 0 saturated carbocycles. The second-order valence-corrected chi connectivity index (χ2v) is 5.66. The number of amidine groups is 2. The maximum atomic E-state index is 13.6. The molecule has 2 aliphatic rings. The maximum absolute atomic E-state index is 13.6. The molecule has 0 spiro atoms. The van der Waals surface area contributed by atoms with Crippen LogP contribution in [0.2, 0.25) is 0 Å². The van der Waals surface area contributed by atoms with E-state index in [2.05, 4.69) is 9.98 Å². The van der Waals surface area contributed by atoms with E-state index >= 15 is 0 Å². The lowest BCUT2D eigenvalue weighted by Crippen LogP contribution is -2.93. The largest absolute Gasteiger partial charge is 0.454 e. The van der Waals surface area contributed by atoms with Crippen molar-refractivity contribution in [2.75, 3.05) is 6.79 Å². The van der Waals surface area contributed by atoms with Gasteiger partial charge in [-0.2, -0.15) is 9.98 Å². The normalized spacial score (nSPS) is 16.5. The zero-order valence-electron chi connectivity index (χ0n) is 13.1. The molecule has 0 radical (unpaired) electrons. The molecule has 25 heavy (non-hydrogen) atoms. The molecule has 2 aromatic carbocycles. The summed E-state index contributed by atoms with van der Waals surface area (Å²) in [5.41, 5.74) is 7.49.